The number of aryl methyl sites for hydroxylation is 2. The van der Waals surface area contributed by atoms with Crippen LogP contribution < -0.4 is 10.5 Å². The largest absolute Gasteiger partial charge is 0.329 e. The molecule has 3 N–H and O–H groups in total. The Morgan fingerprint density at radius 1 is 1.09 bits per heavy atom. The lowest BCUT2D eigenvalue weighted by molar-refractivity contribution is 0.405. The topological polar surface area (TPSA) is 72.2 Å². The van der Waals surface area contributed by atoms with Crippen molar-refractivity contribution in [1.29, 1.82) is 0 Å². The van der Waals surface area contributed by atoms with Gasteiger partial charge in [0.15, 0.2) is 0 Å². The Morgan fingerprint density at radius 2 is 1.77 bits per heavy atom. The third-order valence-electron chi connectivity index (χ3n) is 5.16. The minimum Gasteiger partial charge on any atom is -0.329 e. The number of benzene rings is 1. The summed E-state index contributed by atoms with van der Waals surface area (Å²) in [5.41, 5.74) is 8.32. The Morgan fingerprint density at radius 3 is 2.45 bits per heavy atom. The minimum atomic E-state index is -3.47. The predicted molar refractivity (Wildman–Crippen MR) is 88.2 cm³/mol. The van der Waals surface area contributed by atoms with Crippen LogP contribution in [0.3, 0.4) is 0 Å². The monoisotopic (exact) mass is 322 g/mol. The van der Waals surface area contributed by atoms with Gasteiger partial charge in [-0.15, -0.1) is 0 Å². The van der Waals surface area contributed by atoms with Crippen LogP contribution in [0.25, 0.3) is 0 Å². The van der Waals surface area contributed by atoms with Gasteiger partial charge in [-0.1, -0.05) is 18.9 Å². The second kappa shape index (κ2) is 6.69. The SMILES string of the molecule is NCC(NS(=O)(=O)c1ccc2c(c1)CCCC2)C1CCCC1. The lowest BCUT2D eigenvalue weighted by atomic mass is 9.92. The van der Waals surface area contributed by atoms with Crippen molar-refractivity contribution in [3.8, 4) is 0 Å². The maximum absolute atomic E-state index is 12.7. The molecule has 4 nitrogen and oxygen atoms in total. The van der Waals surface area contributed by atoms with E-state index in [9.17, 15) is 8.42 Å². The Kier molecular flexibility index (Phi) is 4.85. The van der Waals surface area contributed by atoms with E-state index in [0.29, 0.717) is 17.4 Å². The van der Waals surface area contributed by atoms with Gasteiger partial charge in [-0.25, -0.2) is 13.1 Å². The third-order valence-corrected chi connectivity index (χ3v) is 6.65. The number of hydrogen-bond donors (Lipinski definition) is 2. The molecule has 1 unspecified atom stereocenters. The fourth-order valence-electron chi connectivity index (χ4n) is 3.84. The van der Waals surface area contributed by atoms with Crippen LogP contribution in [0.1, 0.15) is 49.7 Å². The molecule has 1 atom stereocenters. The van der Waals surface area contributed by atoms with Gasteiger partial charge in [0.25, 0.3) is 0 Å². The van der Waals surface area contributed by atoms with Crippen LogP contribution >= 0.6 is 0 Å². The van der Waals surface area contributed by atoms with Crippen LogP contribution in [-0.2, 0) is 22.9 Å². The Balaban J connectivity index is 1.79. The predicted octanol–water partition coefficient (Wildman–Crippen LogP) is 2.36. The summed E-state index contributed by atoms with van der Waals surface area (Å²) < 4.78 is 28.2. The Hall–Kier alpha value is -0.910. The molecule has 1 fully saturated rings. The van der Waals surface area contributed by atoms with E-state index in [4.69, 9.17) is 5.73 Å². The van der Waals surface area contributed by atoms with E-state index in [2.05, 4.69) is 4.72 Å². The molecule has 1 saturated carbocycles. The number of hydrogen-bond acceptors (Lipinski definition) is 3. The summed E-state index contributed by atoms with van der Waals surface area (Å²) in [7, 11) is -3.47. The highest BCUT2D eigenvalue weighted by Gasteiger charge is 2.28. The zero-order chi connectivity index (χ0) is 15.6. The van der Waals surface area contributed by atoms with E-state index in [0.717, 1.165) is 32.1 Å². The number of nitrogens with two attached hydrogens (primary N) is 1. The van der Waals surface area contributed by atoms with E-state index in [1.54, 1.807) is 6.07 Å². The van der Waals surface area contributed by atoms with Crippen molar-refractivity contribution in [2.45, 2.75) is 62.3 Å². The summed E-state index contributed by atoms with van der Waals surface area (Å²) in [4.78, 5) is 0.393. The molecular formula is C17H26N2O2S. The van der Waals surface area contributed by atoms with Gasteiger partial charge >= 0.3 is 0 Å². The van der Waals surface area contributed by atoms with Gasteiger partial charge in [0.05, 0.1) is 4.90 Å². The van der Waals surface area contributed by atoms with Gasteiger partial charge in [0, 0.05) is 12.6 Å². The maximum atomic E-state index is 12.7. The molecule has 2 aliphatic carbocycles. The molecular weight excluding hydrogens is 296 g/mol. The summed E-state index contributed by atoms with van der Waals surface area (Å²) in [6.07, 6.45) is 8.93. The number of nitrogens with one attached hydrogen (secondary N) is 1. The van der Waals surface area contributed by atoms with Crippen molar-refractivity contribution in [1.82, 2.24) is 4.72 Å². The normalized spacial score (nSPS) is 20.8. The molecule has 0 aromatic heterocycles. The first-order chi connectivity index (χ1) is 10.6. The molecule has 0 bridgehead atoms. The van der Waals surface area contributed by atoms with Gasteiger partial charge in [0.2, 0.25) is 10.0 Å². The van der Waals surface area contributed by atoms with Gasteiger partial charge in [0.1, 0.15) is 0 Å². The summed E-state index contributed by atoms with van der Waals surface area (Å²) in [6, 6.07) is 5.45. The van der Waals surface area contributed by atoms with E-state index in [1.165, 1.54) is 30.4 Å². The van der Waals surface area contributed by atoms with Crippen molar-refractivity contribution in [2.24, 2.45) is 11.7 Å². The summed E-state index contributed by atoms with van der Waals surface area (Å²) in [6.45, 7) is 0.370. The Bertz CT molecular complexity index is 622. The van der Waals surface area contributed by atoms with Gasteiger partial charge in [-0.2, -0.15) is 0 Å². The van der Waals surface area contributed by atoms with Gasteiger partial charge in [-0.3, -0.25) is 0 Å². The number of fused-ring (bicyclic) bond motifs is 1. The Labute approximate surface area is 133 Å². The molecule has 0 heterocycles. The highest BCUT2D eigenvalue weighted by molar-refractivity contribution is 7.89. The van der Waals surface area contributed by atoms with Crippen molar-refractivity contribution in [2.75, 3.05) is 6.54 Å². The molecule has 122 valence electrons. The van der Waals surface area contributed by atoms with Crippen LogP contribution in [0.15, 0.2) is 23.1 Å². The molecule has 1 aromatic rings. The molecule has 5 heteroatoms. The number of rotatable bonds is 5. The summed E-state index contributed by atoms with van der Waals surface area (Å²) in [5.74, 6) is 0.386. The molecule has 0 saturated heterocycles. The van der Waals surface area contributed by atoms with Crippen molar-refractivity contribution in [3.63, 3.8) is 0 Å². The fourth-order valence-corrected chi connectivity index (χ4v) is 5.21. The van der Waals surface area contributed by atoms with Crippen molar-refractivity contribution < 1.29 is 8.42 Å². The first kappa shape index (κ1) is 16.0. The average Bonchev–Trinajstić information content (AvgIpc) is 3.06. The molecule has 0 spiro atoms. The van der Waals surface area contributed by atoms with Crippen LogP contribution in [0, 0.1) is 5.92 Å². The van der Waals surface area contributed by atoms with Gasteiger partial charge in [-0.05, 0) is 67.7 Å². The quantitative estimate of drug-likeness (QED) is 0.874. The zero-order valence-corrected chi connectivity index (χ0v) is 13.9. The van der Waals surface area contributed by atoms with E-state index in [-0.39, 0.29) is 6.04 Å². The standard InChI is InChI=1S/C17H26N2O2S/c18-12-17(14-6-2-3-7-14)19-22(20,21)16-10-9-13-5-1-4-8-15(13)11-16/h9-11,14,17,19H,1-8,12,18H2. The fraction of sp³-hybridized carbons (Fsp3) is 0.647. The van der Waals surface area contributed by atoms with Crippen LogP contribution in [0.4, 0.5) is 0 Å². The van der Waals surface area contributed by atoms with Gasteiger partial charge < -0.3 is 5.73 Å². The van der Waals surface area contributed by atoms with E-state index < -0.39 is 10.0 Å². The van der Waals surface area contributed by atoms with Crippen LogP contribution in [0.2, 0.25) is 0 Å². The lowest BCUT2D eigenvalue weighted by Gasteiger charge is -2.23. The molecule has 1 aromatic carbocycles. The van der Waals surface area contributed by atoms with Crippen LogP contribution in [-0.4, -0.2) is 21.0 Å². The summed E-state index contributed by atoms with van der Waals surface area (Å²) >= 11 is 0. The van der Waals surface area contributed by atoms with Crippen molar-refractivity contribution >= 4 is 10.0 Å². The third kappa shape index (κ3) is 3.36. The first-order valence-electron chi connectivity index (χ1n) is 8.44. The highest BCUT2D eigenvalue weighted by Crippen LogP contribution is 2.29. The average molecular weight is 322 g/mol. The molecule has 0 amide bonds. The molecule has 0 radical (unpaired) electrons. The minimum absolute atomic E-state index is 0.136. The zero-order valence-electron chi connectivity index (χ0n) is 13.1. The van der Waals surface area contributed by atoms with E-state index >= 15 is 0 Å². The lowest BCUT2D eigenvalue weighted by Crippen LogP contribution is -2.44. The molecule has 0 aliphatic heterocycles. The second-order valence-electron chi connectivity index (χ2n) is 6.65. The summed E-state index contributed by atoms with van der Waals surface area (Å²) in [5, 5.41) is 0. The molecule has 22 heavy (non-hydrogen) atoms. The van der Waals surface area contributed by atoms with Crippen LogP contribution in [0.5, 0.6) is 0 Å². The van der Waals surface area contributed by atoms with Crippen molar-refractivity contribution in [3.05, 3.63) is 29.3 Å². The first-order valence-corrected chi connectivity index (χ1v) is 9.92. The number of sulfonamides is 1. The molecule has 3 rings (SSSR count). The highest BCUT2D eigenvalue weighted by atomic mass is 32.2. The molecule has 2 aliphatic rings. The smallest absolute Gasteiger partial charge is 0.240 e. The van der Waals surface area contributed by atoms with E-state index in [1.807, 2.05) is 12.1 Å². The second-order valence-corrected chi connectivity index (χ2v) is 8.36. The maximum Gasteiger partial charge on any atom is 0.240 e.